The Kier molecular flexibility index (Phi) is 5.00. The predicted molar refractivity (Wildman–Crippen MR) is 104 cm³/mol. The van der Waals surface area contributed by atoms with E-state index in [0.29, 0.717) is 13.0 Å². The van der Waals surface area contributed by atoms with E-state index in [-0.39, 0.29) is 18.3 Å². The van der Waals surface area contributed by atoms with Crippen LogP contribution in [0.2, 0.25) is 0 Å². The van der Waals surface area contributed by atoms with Gasteiger partial charge in [0.05, 0.1) is 25.4 Å². The molecule has 2 aliphatic heterocycles. The molecule has 2 aromatic rings. The fourth-order valence-electron chi connectivity index (χ4n) is 4.12. The highest BCUT2D eigenvalue weighted by atomic mass is 16.7. The third-order valence-corrected chi connectivity index (χ3v) is 5.52. The van der Waals surface area contributed by atoms with E-state index in [1.807, 2.05) is 68.4 Å². The van der Waals surface area contributed by atoms with E-state index < -0.39 is 11.8 Å². The molecule has 2 aromatic carbocycles. The number of nitrogens with zero attached hydrogens (tertiary/aromatic N) is 1. The highest BCUT2D eigenvalue weighted by molar-refractivity contribution is 5.92. The number of benzene rings is 2. The van der Waals surface area contributed by atoms with Crippen LogP contribution in [-0.4, -0.2) is 37.2 Å². The van der Waals surface area contributed by atoms with Gasteiger partial charge in [0, 0.05) is 12.1 Å². The van der Waals surface area contributed by atoms with Crippen LogP contribution in [0.25, 0.3) is 0 Å². The molecule has 6 nitrogen and oxygen atoms in total. The number of amides is 1. The maximum atomic E-state index is 12.7. The average molecular weight is 383 g/mol. The first-order valence-corrected chi connectivity index (χ1v) is 9.47. The molecule has 0 radical (unpaired) electrons. The number of hydrogen-bond acceptors (Lipinski definition) is 5. The van der Waals surface area contributed by atoms with Gasteiger partial charge in [0.25, 0.3) is 0 Å². The predicted octanol–water partition coefficient (Wildman–Crippen LogP) is 4.13. The van der Waals surface area contributed by atoms with Gasteiger partial charge in [-0.15, -0.1) is 0 Å². The molecular weight excluding hydrogens is 358 g/mol. The number of ether oxygens (including phenoxy) is 4. The van der Waals surface area contributed by atoms with Crippen LogP contribution in [0, 0.1) is 0 Å². The minimum atomic E-state index is -0.565. The molecule has 2 saturated heterocycles. The van der Waals surface area contributed by atoms with Crippen molar-refractivity contribution in [3.8, 4) is 5.75 Å². The summed E-state index contributed by atoms with van der Waals surface area (Å²) in [6.45, 7) is 4.41. The van der Waals surface area contributed by atoms with Gasteiger partial charge in [0.1, 0.15) is 5.75 Å². The lowest BCUT2D eigenvalue weighted by atomic mass is 9.84. The maximum Gasteiger partial charge on any atom is 0.415 e. The van der Waals surface area contributed by atoms with Crippen molar-refractivity contribution in [3.05, 3.63) is 60.2 Å². The minimum absolute atomic E-state index is 0.272. The van der Waals surface area contributed by atoms with Crippen molar-refractivity contribution < 1.29 is 23.7 Å². The Labute approximate surface area is 165 Å². The van der Waals surface area contributed by atoms with Crippen LogP contribution in [-0.2, 0) is 20.8 Å². The second-order valence-electron chi connectivity index (χ2n) is 7.47. The van der Waals surface area contributed by atoms with Crippen molar-refractivity contribution >= 4 is 11.8 Å². The van der Waals surface area contributed by atoms with Crippen LogP contribution >= 0.6 is 0 Å². The van der Waals surface area contributed by atoms with Gasteiger partial charge >= 0.3 is 6.09 Å². The van der Waals surface area contributed by atoms with Crippen LogP contribution in [0.4, 0.5) is 10.5 Å². The maximum absolute atomic E-state index is 12.7. The number of carbonyl (C=O) groups is 1. The topological polar surface area (TPSA) is 57.2 Å². The number of hydrogen-bond donors (Lipinski definition) is 0. The Morgan fingerprint density at radius 2 is 1.86 bits per heavy atom. The van der Waals surface area contributed by atoms with Crippen LogP contribution < -0.4 is 9.64 Å². The van der Waals surface area contributed by atoms with Crippen LogP contribution in [0.5, 0.6) is 5.75 Å². The zero-order valence-corrected chi connectivity index (χ0v) is 16.3. The van der Waals surface area contributed by atoms with E-state index in [1.54, 1.807) is 12.0 Å². The van der Waals surface area contributed by atoms with Gasteiger partial charge in [0.2, 0.25) is 0 Å². The molecule has 148 valence electrons. The van der Waals surface area contributed by atoms with Crippen molar-refractivity contribution in [1.82, 2.24) is 0 Å². The van der Waals surface area contributed by atoms with Crippen LogP contribution in [0.15, 0.2) is 54.6 Å². The normalized spacial score (nSPS) is 29.3. The molecule has 0 aromatic heterocycles. The number of fused-ring (bicyclic) bond motifs is 1. The van der Waals surface area contributed by atoms with E-state index >= 15 is 0 Å². The van der Waals surface area contributed by atoms with E-state index in [9.17, 15) is 4.79 Å². The lowest BCUT2D eigenvalue weighted by Crippen LogP contribution is -2.59. The summed E-state index contributed by atoms with van der Waals surface area (Å²) in [4.78, 5) is 14.4. The first-order valence-electron chi connectivity index (χ1n) is 9.47. The van der Waals surface area contributed by atoms with Crippen LogP contribution in [0.3, 0.4) is 0 Å². The quantitative estimate of drug-likeness (QED) is 0.777. The molecule has 0 bridgehead atoms. The summed E-state index contributed by atoms with van der Waals surface area (Å²) in [6.07, 6.45) is -0.902. The van der Waals surface area contributed by atoms with Gasteiger partial charge < -0.3 is 18.9 Å². The van der Waals surface area contributed by atoms with Gasteiger partial charge in [0.15, 0.2) is 12.4 Å². The highest BCUT2D eigenvalue weighted by Gasteiger charge is 2.58. The van der Waals surface area contributed by atoms with Crippen molar-refractivity contribution in [2.24, 2.45) is 0 Å². The standard InChI is InChI=1S/C22H25NO5/c1-15-20-22(2,13-19(27-15)26-14-16-7-5-4-6-8-16)23(21(24)28-20)17-9-11-18(25-3)12-10-17/h4-12,15,19-20H,13-14H2,1-3H3/t15-,19-,20-,22+/m0/s1. The summed E-state index contributed by atoms with van der Waals surface area (Å²) in [5.41, 5.74) is 1.29. The zero-order valence-electron chi connectivity index (χ0n) is 16.3. The number of methoxy groups -OCH3 is 1. The summed E-state index contributed by atoms with van der Waals surface area (Å²) in [5.74, 6) is 0.738. The number of carbonyl (C=O) groups excluding carboxylic acids is 1. The van der Waals surface area contributed by atoms with Crippen LogP contribution in [0.1, 0.15) is 25.8 Å². The largest absolute Gasteiger partial charge is 0.497 e. The second-order valence-corrected chi connectivity index (χ2v) is 7.47. The summed E-state index contributed by atoms with van der Waals surface area (Å²) >= 11 is 0. The number of rotatable bonds is 5. The first kappa shape index (κ1) is 18.8. The molecule has 2 fully saturated rings. The zero-order chi connectivity index (χ0) is 19.7. The van der Waals surface area contributed by atoms with Gasteiger partial charge in [-0.05, 0) is 43.7 Å². The Morgan fingerprint density at radius 3 is 2.54 bits per heavy atom. The lowest BCUT2D eigenvalue weighted by Gasteiger charge is -2.44. The number of anilines is 1. The average Bonchev–Trinajstić information content (AvgIpc) is 2.98. The summed E-state index contributed by atoms with van der Waals surface area (Å²) in [7, 11) is 1.62. The third-order valence-electron chi connectivity index (χ3n) is 5.52. The van der Waals surface area contributed by atoms with Gasteiger partial charge in [-0.25, -0.2) is 4.79 Å². The van der Waals surface area contributed by atoms with Gasteiger partial charge in [-0.2, -0.15) is 0 Å². The molecule has 2 heterocycles. The molecule has 4 rings (SSSR count). The molecule has 4 atom stereocenters. The van der Waals surface area contributed by atoms with E-state index in [2.05, 4.69) is 0 Å². The molecular formula is C22H25NO5. The molecule has 6 heteroatoms. The smallest absolute Gasteiger partial charge is 0.415 e. The van der Waals surface area contributed by atoms with Crippen molar-refractivity contribution in [1.29, 1.82) is 0 Å². The van der Waals surface area contributed by atoms with Crippen molar-refractivity contribution in [3.63, 3.8) is 0 Å². The lowest BCUT2D eigenvalue weighted by molar-refractivity contribution is -0.231. The third kappa shape index (κ3) is 3.34. The Balaban J connectivity index is 1.55. The van der Waals surface area contributed by atoms with E-state index in [0.717, 1.165) is 17.0 Å². The molecule has 0 aliphatic carbocycles. The molecule has 28 heavy (non-hydrogen) atoms. The van der Waals surface area contributed by atoms with Gasteiger partial charge in [-0.1, -0.05) is 30.3 Å². The second kappa shape index (κ2) is 7.45. The Bertz CT molecular complexity index is 825. The fourth-order valence-corrected chi connectivity index (χ4v) is 4.12. The monoisotopic (exact) mass is 383 g/mol. The first-order chi connectivity index (χ1) is 13.5. The molecule has 1 amide bonds. The summed E-state index contributed by atoms with van der Waals surface area (Å²) < 4.78 is 23.0. The Morgan fingerprint density at radius 1 is 1.14 bits per heavy atom. The SMILES string of the molecule is COc1ccc(N2C(=O)O[C@H]3[C@H](C)O[C@H](OCc4ccccc4)C[C@]32C)cc1. The fraction of sp³-hybridized carbons (Fsp3) is 0.409. The molecule has 0 unspecified atom stereocenters. The van der Waals surface area contributed by atoms with Crippen molar-refractivity contribution in [2.75, 3.05) is 12.0 Å². The minimum Gasteiger partial charge on any atom is -0.497 e. The highest BCUT2D eigenvalue weighted by Crippen LogP contribution is 2.44. The molecule has 2 aliphatic rings. The molecule has 0 saturated carbocycles. The van der Waals surface area contributed by atoms with E-state index in [4.69, 9.17) is 18.9 Å². The van der Waals surface area contributed by atoms with Gasteiger partial charge in [-0.3, -0.25) is 4.90 Å². The summed E-state index contributed by atoms with van der Waals surface area (Å²) in [5, 5.41) is 0. The summed E-state index contributed by atoms with van der Waals surface area (Å²) in [6, 6.07) is 17.4. The van der Waals surface area contributed by atoms with Crippen molar-refractivity contribution in [2.45, 2.75) is 50.9 Å². The molecule has 0 spiro atoms. The van der Waals surface area contributed by atoms with E-state index in [1.165, 1.54) is 0 Å². The Hall–Kier alpha value is -2.57. The molecule has 0 N–H and O–H groups in total.